The molecule has 1 heterocycles. The Morgan fingerprint density at radius 1 is 0.939 bits per heavy atom. The van der Waals surface area contributed by atoms with Crippen molar-refractivity contribution in [2.75, 3.05) is 39.2 Å². The molecule has 6 heteroatoms. The number of carbonyl (C=O) groups is 1. The van der Waals surface area contributed by atoms with Gasteiger partial charge >= 0.3 is 0 Å². The summed E-state index contributed by atoms with van der Waals surface area (Å²) >= 11 is 1.53. The zero-order chi connectivity index (χ0) is 23.2. The number of benzene rings is 3. The molecule has 1 amide bonds. The molecule has 0 bridgehead atoms. The molecular weight excluding hydrogens is 430 g/mol. The molecule has 33 heavy (non-hydrogen) atoms. The molecule has 1 aromatic heterocycles. The standard InChI is InChI=1S/C27H29N3O2S/c1-29(2)17-10-18-30(27-28-23-16-15-22(32-3)19-24(23)33-27)26(31)25(20-11-6-4-7-12-20)21-13-8-5-9-14-21/h4-9,11-16,19,25H,10,17-18H2,1-3H3. The quantitative estimate of drug-likeness (QED) is 0.335. The van der Waals surface area contributed by atoms with Crippen LogP contribution in [0.2, 0.25) is 0 Å². The van der Waals surface area contributed by atoms with Crippen molar-refractivity contribution in [2.45, 2.75) is 12.3 Å². The van der Waals surface area contributed by atoms with E-state index in [4.69, 9.17) is 9.72 Å². The third kappa shape index (κ3) is 5.41. The Balaban J connectivity index is 1.75. The molecule has 4 aromatic rings. The van der Waals surface area contributed by atoms with Gasteiger partial charge in [-0.1, -0.05) is 72.0 Å². The van der Waals surface area contributed by atoms with E-state index in [0.29, 0.717) is 6.54 Å². The molecule has 0 radical (unpaired) electrons. The van der Waals surface area contributed by atoms with E-state index in [9.17, 15) is 4.79 Å². The summed E-state index contributed by atoms with van der Waals surface area (Å²) in [5.41, 5.74) is 2.83. The van der Waals surface area contributed by atoms with E-state index in [0.717, 1.165) is 45.2 Å². The summed E-state index contributed by atoms with van der Waals surface area (Å²) in [6.45, 7) is 1.49. The third-order valence-corrected chi connectivity index (χ3v) is 6.62. The van der Waals surface area contributed by atoms with Gasteiger partial charge in [-0.3, -0.25) is 9.69 Å². The number of hydrogen-bond acceptors (Lipinski definition) is 5. The monoisotopic (exact) mass is 459 g/mol. The van der Waals surface area contributed by atoms with Crippen LogP contribution in [0.25, 0.3) is 10.2 Å². The molecule has 0 unspecified atom stereocenters. The lowest BCUT2D eigenvalue weighted by atomic mass is 9.90. The summed E-state index contributed by atoms with van der Waals surface area (Å²) in [6.07, 6.45) is 0.855. The van der Waals surface area contributed by atoms with Gasteiger partial charge < -0.3 is 9.64 Å². The number of methoxy groups -OCH3 is 1. The maximum atomic E-state index is 14.2. The highest BCUT2D eigenvalue weighted by Crippen LogP contribution is 2.35. The predicted octanol–water partition coefficient (Wildman–Crippen LogP) is 5.42. The second kappa shape index (κ2) is 10.6. The molecule has 0 aliphatic carbocycles. The highest BCUT2D eigenvalue weighted by Gasteiger charge is 2.30. The lowest BCUT2D eigenvalue weighted by Crippen LogP contribution is -2.37. The van der Waals surface area contributed by atoms with Crippen molar-refractivity contribution in [3.8, 4) is 5.75 Å². The van der Waals surface area contributed by atoms with Crippen LogP contribution >= 0.6 is 11.3 Å². The number of thiazole rings is 1. The zero-order valence-corrected chi connectivity index (χ0v) is 20.1. The van der Waals surface area contributed by atoms with Crippen LogP contribution in [0, 0.1) is 0 Å². The van der Waals surface area contributed by atoms with Crippen LogP contribution < -0.4 is 9.64 Å². The van der Waals surface area contributed by atoms with Gasteiger partial charge in [-0.25, -0.2) is 4.98 Å². The Hall–Kier alpha value is -3.22. The van der Waals surface area contributed by atoms with Crippen LogP contribution in [-0.2, 0) is 4.79 Å². The van der Waals surface area contributed by atoms with Gasteiger partial charge in [0.1, 0.15) is 5.75 Å². The Kier molecular flexibility index (Phi) is 7.37. The van der Waals surface area contributed by atoms with Gasteiger partial charge in [-0.15, -0.1) is 0 Å². The topological polar surface area (TPSA) is 45.7 Å². The highest BCUT2D eigenvalue weighted by atomic mass is 32.1. The molecule has 0 spiro atoms. The molecule has 0 N–H and O–H groups in total. The average molecular weight is 460 g/mol. The Labute approximate surface area is 199 Å². The van der Waals surface area contributed by atoms with Gasteiger partial charge in [-0.2, -0.15) is 0 Å². The van der Waals surface area contributed by atoms with E-state index in [2.05, 4.69) is 4.90 Å². The molecule has 5 nitrogen and oxygen atoms in total. The van der Waals surface area contributed by atoms with E-state index in [-0.39, 0.29) is 5.91 Å². The van der Waals surface area contributed by atoms with E-state index < -0.39 is 5.92 Å². The molecule has 3 aromatic carbocycles. The molecule has 0 saturated carbocycles. The van der Waals surface area contributed by atoms with Crippen LogP contribution in [0.1, 0.15) is 23.5 Å². The minimum absolute atomic E-state index is 0.0391. The summed E-state index contributed by atoms with van der Waals surface area (Å²) < 4.78 is 6.38. The smallest absolute Gasteiger partial charge is 0.240 e. The van der Waals surface area contributed by atoms with Crippen LogP contribution in [0.5, 0.6) is 5.75 Å². The van der Waals surface area contributed by atoms with Crippen LogP contribution in [-0.4, -0.2) is 50.1 Å². The van der Waals surface area contributed by atoms with E-state index in [1.165, 1.54) is 11.3 Å². The average Bonchev–Trinajstić information content (AvgIpc) is 3.26. The molecule has 0 saturated heterocycles. The highest BCUT2D eigenvalue weighted by molar-refractivity contribution is 7.22. The number of anilines is 1. The number of amides is 1. The summed E-state index contributed by atoms with van der Waals surface area (Å²) in [6, 6.07) is 25.8. The van der Waals surface area contributed by atoms with Gasteiger partial charge in [-0.05, 0) is 56.4 Å². The van der Waals surface area contributed by atoms with E-state index >= 15 is 0 Å². The molecule has 0 atom stereocenters. The fourth-order valence-electron chi connectivity index (χ4n) is 3.90. The third-order valence-electron chi connectivity index (χ3n) is 5.58. The second-order valence-electron chi connectivity index (χ2n) is 8.23. The number of aromatic nitrogens is 1. The molecule has 170 valence electrons. The summed E-state index contributed by atoms with van der Waals surface area (Å²) in [5, 5.41) is 0.721. The van der Waals surface area contributed by atoms with Crippen LogP contribution in [0.15, 0.2) is 78.9 Å². The summed E-state index contributed by atoms with van der Waals surface area (Å²) in [4.78, 5) is 23.0. The first kappa shape index (κ1) is 23.0. The number of fused-ring (bicyclic) bond motifs is 1. The lowest BCUT2D eigenvalue weighted by Gasteiger charge is -2.26. The zero-order valence-electron chi connectivity index (χ0n) is 19.3. The predicted molar refractivity (Wildman–Crippen MR) is 136 cm³/mol. The van der Waals surface area contributed by atoms with Crippen molar-refractivity contribution in [2.24, 2.45) is 0 Å². The second-order valence-corrected chi connectivity index (χ2v) is 9.24. The van der Waals surface area contributed by atoms with Crippen molar-refractivity contribution in [3.63, 3.8) is 0 Å². The van der Waals surface area contributed by atoms with Crippen molar-refractivity contribution in [1.82, 2.24) is 9.88 Å². The van der Waals surface area contributed by atoms with Crippen molar-refractivity contribution < 1.29 is 9.53 Å². The summed E-state index contributed by atoms with van der Waals surface area (Å²) in [5.74, 6) is 0.431. The molecule has 0 aliphatic heterocycles. The number of rotatable bonds is 9. The van der Waals surface area contributed by atoms with Crippen molar-refractivity contribution in [3.05, 3.63) is 90.0 Å². The first-order valence-electron chi connectivity index (χ1n) is 11.1. The lowest BCUT2D eigenvalue weighted by molar-refractivity contribution is -0.119. The van der Waals surface area contributed by atoms with Crippen LogP contribution in [0.3, 0.4) is 0 Å². The number of carbonyl (C=O) groups excluding carboxylic acids is 1. The van der Waals surface area contributed by atoms with Gasteiger partial charge in [0.15, 0.2) is 5.13 Å². The number of ether oxygens (including phenoxy) is 1. The fourth-order valence-corrected chi connectivity index (χ4v) is 4.93. The summed E-state index contributed by atoms with van der Waals surface area (Å²) in [7, 11) is 5.75. The first-order chi connectivity index (χ1) is 16.1. The molecule has 4 rings (SSSR count). The number of hydrogen-bond donors (Lipinski definition) is 0. The molecule has 0 aliphatic rings. The fraction of sp³-hybridized carbons (Fsp3) is 0.259. The Morgan fingerprint density at radius 3 is 2.15 bits per heavy atom. The van der Waals surface area contributed by atoms with Gasteiger partial charge in [0.2, 0.25) is 5.91 Å². The maximum Gasteiger partial charge on any atom is 0.240 e. The van der Waals surface area contributed by atoms with Gasteiger partial charge in [0.05, 0.1) is 23.2 Å². The molecular formula is C27H29N3O2S. The Morgan fingerprint density at radius 2 is 1.58 bits per heavy atom. The largest absolute Gasteiger partial charge is 0.497 e. The van der Waals surface area contributed by atoms with E-state index in [1.807, 2.05) is 97.9 Å². The van der Waals surface area contributed by atoms with Crippen LogP contribution in [0.4, 0.5) is 5.13 Å². The minimum atomic E-state index is -0.395. The Bertz CT molecular complexity index is 1150. The van der Waals surface area contributed by atoms with E-state index in [1.54, 1.807) is 7.11 Å². The first-order valence-corrected chi connectivity index (χ1v) is 11.9. The normalized spacial score (nSPS) is 11.3. The minimum Gasteiger partial charge on any atom is -0.497 e. The SMILES string of the molecule is COc1ccc2nc(N(CCCN(C)C)C(=O)C(c3ccccc3)c3ccccc3)sc2c1. The van der Waals surface area contributed by atoms with Crippen molar-refractivity contribution in [1.29, 1.82) is 0 Å². The number of nitrogens with zero attached hydrogens (tertiary/aromatic N) is 3. The molecule has 0 fully saturated rings. The maximum absolute atomic E-state index is 14.2. The van der Waals surface area contributed by atoms with Crippen molar-refractivity contribution >= 4 is 32.6 Å². The van der Waals surface area contributed by atoms with Gasteiger partial charge in [0.25, 0.3) is 0 Å². The van der Waals surface area contributed by atoms with Gasteiger partial charge in [0, 0.05) is 6.54 Å².